The highest BCUT2D eigenvalue weighted by Crippen LogP contribution is 2.33. The minimum atomic E-state index is -2.74. The minimum absolute atomic E-state index is 0.100. The van der Waals surface area contributed by atoms with Crippen molar-refractivity contribution in [2.24, 2.45) is 0 Å². The van der Waals surface area contributed by atoms with Gasteiger partial charge >= 0.3 is 17.9 Å². The Bertz CT molecular complexity index is 1340. The van der Waals surface area contributed by atoms with Gasteiger partial charge in [0.2, 0.25) is 0 Å². The van der Waals surface area contributed by atoms with Gasteiger partial charge in [-0.2, -0.15) is 5.10 Å². The van der Waals surface area contributed by atoms with E-state index in [0.29, 0.717) is 6.04 Å². The summed E-state index contributed by atoms with van der Waals surface area (Å²) in [7, 11) is 0. The Hall–Kier alpha value is -4.13. The van der Waals surface area contributed by atoms with E-state index in [0.717, 1.165) is 37.3 Å². The zero-order valence-corrected chi connectivity index (χ0v) is 25.0. The van der Waals surface area contributed by atoms with Crippen LogP contribution in [0.15, 0.2) is 67.1 Å². The maximum atomic E-state index is 10.3. The van der Waals surface area contributed by atoms with Gasteiger partial charge in [-0.25, -0.2) is 9.48 Å². The monoisotopic (exact) mass is 595 g/mol. The van der Waals surface area contributed by atoms with E-state index in [-0.39, 0.29) is 11.1 Å². The van der Waals surface area contributed by atoms with Crippen molar-refractivity contribution in [2.45, 2.75) is 89.2 Å². The van der Waals surface area contributed by atoms with Gasteiger partial charge in [-0.15, -0.1) is 0 Å². The topological polar surface area (TPSA) is 178 Å². The number of hydrogen-bond donors (Lipinski definition) is 5. The van der Waals surface area contributed by atoms with Crippen molar-refractivity contribution in [1.29, 1.82) is 0 Å². The molecule has 43 heavy (non-hydrogen) atoms. The maximum absolute atomic E-state index is 10.3. The van der Waals surface area contributed by atoms with Crippen LogP contribution < -0.4 is 5.32 Å². The van der Waals surface area contributed by atoms with Crippen molar-refractivity contribution in [3.8, 4) is 5.69 Å². The van der Waals surface area contributed by atoms with Crippen molar-refractivity contribution in [2.75, 3.05) is 0 Å². The van der Waals surface area contributed by atoms with Gasteiger partial charge < -0.3 is 25.7 Å². The fraction of sp³-hybridized carbons (Fsp3) is 0.452. The van der Waals surface area contributed by atoms with E-state index in [1.165, 1.54) is 5.56 Å². The van der Waals surface area contributed by atoms with Crippen LogP contribution in [0.1, 0.15) is 64.6 Å². The van der Waals surface area contributed by atoms with Crippen LogP contribution in [0.3, 0.4) is 0 Å². The molecule has 1 aliphatic rings. The van der Waals surface area contributed by atoms with Gasteiger partial charge in [-0.05, 0) is 64.8 Å². The molecule has 1 aromatic carbocycles. The molecule has 0 aliphatic carbocycles. The van der Waals surface area contributed by atoms with Crippen LogP contribution in [0.25, 0.3) is 5.69 Å². The molecule has 0 amide bonds. The highest BCUT2D eigenvalue weighted by atomic mass is 16.4. The summed E-state index contributed by atoms with van der Waals surface area (Å²) in [6, 6.07) is 16.9. The predicted octanol–water partition coefficient (Wildman–Crippen LogP) is 3.33. The summed E-state index contributed by atoms with van der Waals surface area (Å²) in [6.07, 6.45) is 5.96. The van der Waals surface area contributed by atoms with Crippen LogP contribution in [0.5, 0.6) is 0 Å². The number of hydrogen-bond acceptors (Lipinski definition) is 8. The Morgan fingerprint density at radius 2 is 1.51 bits per heavy atom. The summed E-state index contributed by atoms with van der Waals surface area (Å²) in [4.78, 5) is 37.7. The number of nitrogens with one attached hydrogen (secondary N) is 1. The van der Waals surface area contributed by atoms with Crippen LogP contribution in [0.2, 0.25) is 0 Å². The molecule has 1 aliphatic heterocycles. The lowest BCUT2D eigenvalue weighted by Gasteiger charge is -2.49. The summed E-state index contributed by atoms with van der Waals surface area (Å²) in [5.41, 5.74) is 0.888. The normalized spacial score (nSPS) is 16.2. The first-order chi connectivity index (χ1) is 20.1. The van der Waals surface area contributed by atoms with Gasteiger partial charge in [-0.3, -0.25) is 19.5 Å². The molecule has 4 rings (SSSR count). The molecule has 2 aromatic heterocycles. The predicted molar refractivity (Wildman–Crippen MR) is 158 cm³/mol. The second-order valence-electron chi connectivity index (χ2n) is 12.3. The fourth-order valence-corrected chi connectivity index (χ4v) is 5.65. The minimum Gasteiger partial charge on any atom is -0.481 e. The lowest BCUT2D eigenvalue weighted by molar-refractivity contribution is -0.170. The first-order valence-corrected chi connectivity index (χ1v) is 14.0. The number of piperidine rings is 1. The van der Waals surface area contributed by atoms with Crippen LogP contribution in [0, 0.1) is 0 Å². The Morgan fingerprint density at radius 3 is 2.02 bits per heavy atom. The number of aliphatic hydroxyl groups is 1. The Morgan fingerprint density at radius 1 is 0.930 bits per heavy atom. The summed E-state index contributed by atoms with van der Waals surface area (Å²) in [6.45, 7) is 11.0. The maximum Gasteiger partial charge on any atom is 0.336 e. The first kappa shape index (κ1) is 33.4. The molecule has 12 nitrogen and oxygen atoms in total. The number of carboxylic acid groups (broad SMARTS) is 3. The van der Waals surface area contributed by atoms with Crippen LogP contribution >= 0.6 is 0 Å². The number of pyridine rings is 1. The first-order valence-electron chi connectivity index (χ1n) is 14.0. The second kappa shape index (κ2) is 13.9. The number of benzene rings is 1. The number of rotatable bonds is 11. The van der Waals surface area contributed by atoms with Crippen molar-refractivity contribution >= 4 is 17.9 Å². The molecule has 3 aromatic rings. The fourth-order valence-electron chi connectivity index (χ4n) is 5.65. The summed E-state index contributed by atoms with van der Waals surface area (Å²) < 4.78 is 1.96. The molecule has 5 N–H and O–H groups in total. The highest BCUT2D eigenvalue weighted by Gasteiger charge is 2.41. The third-order valence-corrected chi connectivity index (χ3v) is 7.10. The molecule has 0 bridgehead atoms. The quantitative estimate of drug-likeness (QED) is 0.220. The van der Waals surface area contributed by atoms with Crippen molar-refractivity contribution < 1.29 is 34.8 Å². The Kier molecular flexibility index (Phi) is 10.8. The lowest BCUT2D eigenvalue weighted by atomic mass is 9.79. The molecule has 0 saturated carbocycles. The average molecular weight is 596 g/mol. The van der Waals surface area contributed by atoms with Crippen LogP contribution in [-0.4, -0.2) is 80.7 Å². The molecule has 1 fully saturated rings. The van der Waals surface area contributed by atoms with Gasteiger partial charge in [0.1, 0.15) is 0 Å². The number of nitrogens with zero attached hydrogens (tertiary/aromatic N) is 4. The van der Waals surface area contributed by atoms with E-state index in [1.807, 2.05) is 41.3 Å². The molecule has 3 heterocycles. The molecular formula is C31H41N5O7. The molecule has 1 saturated heterocycles. The van der Waals surface area contributed by atoms with Gasteiger partial charge in [-0.1, -0.05) is 24.3 Å². The van der Waals surface area contributed by atoms with Crippen LogP contribution in [0.4, 0.5) is 0 Å². The standard InChI is InChI=1S/C25H33N5.C6H8O7/c1-24(2)14-23(15-25(3,4)28-24)29(19-21-10-8-9-13-26-21)17-20-16-27-30(18-20)22-11-6-5-7-12-22;7-3(8)1-6(13,5(11)12)2-4(9)10/h5-13,16,18,23,28H,14-15,17,19H2,1-4H3;13H,1-2H2,(H,7,8)(H,9,10)(H,11,12). The number of aliphatic carboxylic acids is 3. The number of carboxylic acids is 3. The average Bonchev–Trinajstić information content (AvgIpc) is 3.36. The van der Waals surface area contributed by atoms with Crippen molar-refractivity contribution in [3.05, 3.63) is 78.4 Å². The van der Waals surface area contributed by atoms with Gasteiger partial charge in [0.15, 0.2) is 5.60 Å². The van der Waals surface area contributed by atoms with Crippen LogP contribution in [-0.2, 0) is 27.5 Å². The zero-order valence-electron chi connectivity index (χ0n) is 25.0. The lowest BCUT2D eigenvalue weighted by Crippen LogP contribution is -2.62. The highest BCUT2D eigenvalue weighted by molar-refractivity contribution is 5.88. The Labute approximate surface area is 251 Å². The molecule has 232 valence electrons. The zero-order chi connectivity index (χ0) is 31.8. The third kappa shape index (κ3) is 10.3. The largest absolute Gasteiger partial charge is 0.481 e. The van der Waals surface area contributed by atoms with E-state index in [9.17, 15) is 14.4 Å². The smallest absolute Gasteiger partial charge is 0.336 e. The van der Waals surface area contributed by atoms with Gasteiger partial charge in [0.25, 0.3) is 0 Å². The molecule has 12 heteroatoms. The van der Waals surface area contributed by atoms with E-state index in [4.69, 9.17) is 20.4 Å². The number of carbonyl (C=O) groups is 3. The molecular weight excluding hydrogens is 554 g/mol. The summed E-state index contributed by atoms with van der Waals surface area (Å²) >= 11 is 0. The van der Waals surface area contributed by atoms with Gasteiger partial charge in [0.05, 0.1) is 30.4 Å². The molecule has 0 atom stereocenters. The Balaban J connectivity index is 0.000000331. The van der Waals surface area contributed by atoms with Crippen molar-refractivity contribution in [1.82, 2.24) is 25.0 Å². The molecule has 0 spiro atoms. The SMILES string of the molecule is CC1(C)CC(N(Cc2cnn(-c3ccccc3)c2)Cc2ccccn2)CC(C)(C)N1.O=C(O)CC(O)(CC(=O)O)C(=O)O. The molecule has 0 unspecified atom stereocenters. The molecule has 0 radical (unpaired) electrons. The van der Waals surface area contributed by atoms with E-state index in [1.54, 1.807) is 0 Å². The van der Waals surface area contributed by atoms with E-state index < -0.39 is 36.4 Å². The summed E-state index contributed by atoms with van der Waals surface area (Å²) in [5.74, 6) is -5.02. The van der Waals surface area contributed by atoms with E-state index >= 15 is 0 Å². The van der Waals surface area contributed by atoms with Gasteiger partial charge in [0, 0.05) is 48.2 Å². The van der Waals surface area contributed by atoms with Crippen molar-refractivity contribution in [3.63, 3.8) is 0 Å². The summed E-state index contributed by atoms with van der Waals surface area (Å²) in [5, 5.41) is 42.2. The third-order valence-electron chi connectivity index (χ3n) is 7.10. The van der Waals surface area contributed by atoms with E-state index in [2.05, 4.69) is 78.5 Å². The number of aromatic nitrogens is 3. The second-order valence-corrected chi connectivity index (χ2v) is 12.3. The number of para-hydroxylation sites is 1.